The molecule has 0 aliphatic carbocycles. The van der Waals surface area contributed by atoms with Crippen molar-refractivity contribution < 1.29 is 18.3 Å². The Kier molecular flexibility index (Phi) is 3.49. The van der Waals surface area contributed by atoms with Gasteiger partial charge in [-0.3, -0.25) is 9.29 Å². The van der Waals surface area contributed by atoms with E-state index >= 15 is 0 Å². The molecule has 0 fully saturated rings. The van der Waals surface area contributed by atoms with Gasteiger partial charge in [0.2, 0.25) is 0 Å². The monoisotopic (exact) mass is 299 g/mol. The van der Waals surface area contributed by atoms with Gasteiger partial charge in [0.25, 0.3) is 10.0 Å². The minimum absolute atomic E-state index is 0.292. The van der Waals surface area contributed by atoms with Gasteiger partial charge in [-0.25, -0.2) is 18.2 Å². The van der Waals surface area contributed by atoms with Gasteiger partial charge < -0.3 is 5.11 Å². The highest BCUT2D eigenvalue weighted by molar-refractivity contribution is 7.94. The molecule has 2 rings (SSSR count). The third-order valence-electron chi connectivity index (χ3n) is 2.36. The number of rotatable bonds is 4. The Balaban J connectivity index is 2.49. The molecule has 0 radical (unpaired) electrons. The van der Waals surface area contributed by atoms with Crippen molar-refractivity contribution in [2.75, 3.05) is 11.4 Å². The first-order chi connectivity index (χ1) is 8.94. The lowest BCUT2D eigenvalue weighted by Crippen LogP contribution is -2.27. The van der Waals surface area contributed by atoms with Crippen LogP contribution in [0.25, 0.3) is 0 Å². The zero-order chi connectivity index (χ0) is 14.0. The summed E-state index contributed by atoms with van der Waals surface area (Å²) in [5, 5.41) is 8.92. The molecule has 0 spiro atoms. The average Bonchev–Trinajstić information content (AvgIpc) is 2.89. The molecule has 2 aromatic heterocycles. The molecule has 7 nitrogen and oxygen atoms in total. The summed E-state index contributed by atoms with van der Waals surface area (Å²) in [5.41, 5.74) is 1.11. The van der Waals surface area contributed by atoms with Crippen LogP contribution in [0, 0.1) is 0 Å². The lowest BCUT2D eigenvalue weighted by Gasteiger charge is -2.18. The molecule has 0 bridgehead atoms. The second kappa shape index (κ2) is 4.94. The number of nitrogens with zero attached hydrogens (tertiary/aromatic N) is 3. The van der Waals surface area contributed by atoms with E-state index in [0.717, 1.165) is 15.6 Å². The number of aromatic nitrogens is 2. The molecule has 0 atom stereocenters. The van der Waals surface area contributed by atoms with Gasteiger partial charge in [0.1, 0.15) is 0 Å². The maximum absolute atomic E-state index is 12.3. The molecule has 2 heterocycles. The van der Waals surface area contributed by atoms with E-state index in [0.29, 0.717) is 5.69 Å². The van der Waals surface area contributed by atoms with E-state index in [1.165, 1.54) is 37.1 Å². The Bertz CT molecular complexity index is 697. The standard InChI is InChI=1S/C10H9N3O4S2/c1-13(7-2-4-11-5-3-7)19(16,17)10-8(9(14)15)12-6-18-10/h2-6H,1H3,(H,14,15). The van der Waals surface area contributed by atoms with Gasteiger partial charge in [0.05, 0.1) is 11.2 Å². The van der Waals surface area contributed by atoms with E-state index < -0.39 is 21.7 Å². The first-order valence-electron chi connectivity index (χ1n) is 5.00. The van der Waals surface area contributed by atoms with Crippen molar-refractivity contribution in [1.82, 2.24) is 9.97 Å². The second-order valence-electron chi connectivity index (χ2n) is 3.47. The van der Waals surface area contributed by atoms with Crippen LogP contribution in [-0.2, 0) is 10.0 Å². The van der Waals surface area contributed by atoms with Crippen molar-refractivity contribution >= 4 is 33.0 Å². The highest BCUT2D eigenvalue weighted by Gasteiger charge is 2.29. The van der Waals surface area contributed by atoms with Crippen LogP contribution in [0.2, 0.25) is 0 Å². The molecule has 0 aliphatic rings. The summed E-state index contributed by atoms with van der Waals surface area (Å²) in [6.07, 6.45) is 2.90. The summed E-state index contributed by atoms with van der Waals surface area (Å²) < 4.78 is 25.4. The predicted molar refractivity (Wildman–Crippen MR) is 68.9 cm³/mol. The third-order valence-corrected chi connectivity index (χ3v) is 5.49. The quantitative estimate of drug-likeness (QED) is 0.906. The van der Waals surface area contributed by atoms with Gasteiger partial charge in [-0.1, -0.05) is 0 Å². The zero-order valence-corrected chi connectivity index (χ0v) is 11.3. The Morgan fingerprint density at radius 3 is 2.58 bits per heavy atom. The molecule has 0 saturated heterocycles. The van der Waals surface area contributed by atoms with Crippen molar-refractivity contribution in [3.8, 4) is 0 Å². The molecule has 0 amide bonds. The number of anilines is 1. The van der Waals surface area contributed by atoms with Gasteiger partial charge in [0.15, 0.2) is 9.90 Å². The number of hydrogen-bond acceptors (Lipinski definition) is 6. The van der Waals surface area contributed by atoms with Crippen LogP contribution in [0.5, 0.6) is 0 Å². The van der Waals surface area contributed by atoms with Crippen molar-refractivity contribution in [1.29, 1.82) is 0 Å². The van der Waals surface area contributed by atoms with E-state index in [-0.39, 0.29) is 4.21 Å². The van der Waals surface area contributed by atoms with Crippen molar-refractivity contribution in [2.24, 2.45) is 0 Å². The lowest BCUT2D eigenvalue weighted by molar-refractivity contribution is 0.0687. The maximum Gasteiger partial charge on any atom is 0.356 e. The summed E-state index contributed by atoms with van der Waals surface area (Å²) >= 11 is 0.771. The van der Waals surface area contributed by atoms with Gasteiger partial charge in [-0.2, -0.15) is 0 Å². The third kappa shape index (κ3) is 2.42. The fourth-order valence-corrected chi connectivity index (χ4v) is 3.87. The average molecular weight is 299 g/mol. The Morgan fingerprint density at radius 2 is 2.00 bits per heavy atom. The van der Waals surface area contributed by atoms with E-state index in [9.17, 15) is 13.2 Å². The predicted octanol–water partition coefficient (Wildman–Crippen LogP) is 1.06. The molecular weight excluding hydrogens is 290 g/mol. The number of thiazole rings is 1. The van der Waals surface area contributed by atoms with Crippen LogP contribution in [0.4, 0.5) is 5.69 Å². The Morgan fingerprint density at radius 1 is 1.37 bits per heavy atom. The number of carboxylic acids is 1. The Hall–Kier alpha value is -2.00. The minimum Gasteiger partial charge on any atom is -0.476 e. The van der Waals surface area contributed by atoms with Crippen LogP contribution < -0.4 is 4.31 Å². The summed E-state index contributed by atoms with van der Waals surface area (Å²) in [6.45, 7) is 0. The molecule has 2 aromatic rings. The Labute approximate surface area is 113 Å². The van der Waals surface area contributed by atoms with Crippen LogP contribution in [-0.4, -0.2) is 36.5 Å². The molecule has 19 heavy (non-hydrogen) atoms. The SMILES string of the molecule is CN(c1ccncc1)S(=O)(=O)c1scnc1C(=O)O. The normalized spacial score (nSPS) is 11.2. The van der Waals surface area contributed by atoms with Crippen LogP contribution in [0.1, 0.15) is 10.5 Å². The van der Waals surface area contributed by atoms with Crippen LogP contribution in [0.15, 0.2) is 34.2 Å². The molecular formula is C10H9N3O4S2. The number of aromatic carboxylic acids is 1. The van der Waals surface area contributed by atoms with Crippen LogP contribution >= 0.6 is 11.3 Å². The summed E-state index contributed by atoms with van der Waals surface area (Å²) in [4.78, 5) is 18.3. The van der Waals surface area contributed by atoms with Crippen molar-refractivity contribution in [3.63, 3.8) is 0 Å². The minimum atomic E-state index is -3.94. The van der Waals surface area contributed by atoms with Gasteiger partial charge in [0, 0.05) is 19.4 Å². The van der Waals surface area contributed by atoms with Crippen molar-refractivity contribution in [3.05, 3.63) is 35.7 Å². The van der Waals surface area contributed by atoms with Gasteiger partial charge in [-0.15, -0.1) is 11.3 Å². The first-order valence-corrected chi connectivity index (χ1v) is 7.32. The van der Waals surface area contributed by atoms with E-state index in [1.807, 2.05) is 0 Å². The maximum atomic E-state index is 12.3. The number of carboxylic acid groups (broad SMARTS) is 1. The molecule has 1 N–H and O–H groups in total. The number of carbonyl (C=O) groups is 1. The molecule has 0 unspecified atom stereocenters. The van der Waals surface area contributed by atoms with E-state index in [1.54, 1.807) is 0 Å². The lowest BCUT2D eigenvalue weighted by atomic mass is 10.4. The smallest absolute Gasteiger partial charge is 0.356 e. The second-order valence-corrected chi connectivity index (χ2v) is 6.49. The van der Waals surface area contributed by atoms with Gasteiger partial charge in [-0.05, 0) is 12.1 Å². The summed E-state index contributed by atoms with van der Waals surface area (Å²) in [5.74, 6) is -1.37. The number of hydrogen-bond donors (Lipinski definition) is 1. The molecule has 9 heteroatoms. The largest absolute Gasteiger partial charge is 0.476 e. The van der Waals surface area contributed by atoms with E-state index in [4.69, 9.17) is 5.11 Å². The highest BCUT2D eigenvalue weighted by Crippen LogP contribution is 2.26. The van der Waals surface area contributed by atoms with Crippen LogP contribution in [0.3, 0.4) is 0 Å². The summed E-state index contributed by atoms with van der Waals surface area (Å²) in [6, 6.07) is 3.03. The first kappa shape index (κ1) is 13.4. The topological polar surface area (TPSA) is 100 Å². The molecule has 0 aliphatic heterocycles. The number of pyridine rings is 1. The zero-order valence-electron chi connectivity index (χ0n) is 9.72. The molecule has 100 valence electrons. The summed E-state index contributed by atoms with van der Waals surface area (Å²) in [7, 11) is -2.60. The fourth-order valence-electron chi connectivity index (χ4n) is 1.38. The fraction of sp³-hybridized carbons (Fsp3) is 0.100. The molecule has 0 aromatic carbocycles. The number of sulfonamides is 1. The van der Waals surface area contributed by atoms with Crippen molar-refractivity contribution in [2.45, 2.75) is 4.21 Å². The highest BCUT2D eigenvalue weighted by atomic mass is 32.2. The van der Waals surface area contributed by atoms with Gasteiger partial charge >= 0.3 is 5.97 Å². The molecule has 0 saturated carbocycles. The van der Waals surface area contributed by atoms with E-state index in [2.05, 4.69) is 9.97 Å².